The Bertz CT molecular complexity index is 668. The van der Waals surface area contributed by atoms with Gasteiger partial charge in [0.1, 0.15) is 5.82 Å². The number of fused-ring (bicyclic) bond motifs is 1. The Morgan fingerprint density at radius 2 is 1.65 bits per heavy atom. The van der Waals surface area contributed by atoms with Crippen LogP contribution in [-0.2, 0) is 13.1 Å². The molecule has 2 aromatic rings. The van der Waals surface area contributed by atoms with E-state index >= 15 is 0 Å². The standard InChI is InChI=1S/C23H35FN2/c1-2-3-4-5-6-11-17-26-19-20(18-25-15-9-7-8-10-16-25)23-21(24)13-12-14-22(23)26/h12-14,19H,2-11,15-18H2,1H3. The molecule has 1 aromatic carbocycles. The van der Waals surface area contributed by atoms with Crippen LogP contribution in [-0.4, -0.2) is 22.6 Å². The van der Waals surface area contributed by atoms with Crippen molar-refractivity contribution in [3.8, 4) is 0 Å². The molecule has 0 bridgehead atoms. The molecule has 2 heterocycles. The monoisotopic (exact) mass is 358 g/mol. The van der Waals surface area contributed by atoms with Gasteiger partial charge in [-0.05, 0) is 50.0 Å². The van der Waals surface area contributed by atoms with Crippen LogP contribution in [0.1, 0.15) is 76.7 Å². The third kappa shape index (κ3) is 5.09. The molecule has 1 aliphatic heterocycles. The van der Waals surface area contributed by atoms with E-state index < -0.39 is 0 Å². The molecule has 0 saturated carbocycles. The predicted octanol–water partition coefficient (Wildman–Crippen LogP) is 6.52. The zero-order chi connectivity index (χ0) is 18.2. The van der Waals surface area contributed by atoms with Crippen molar-refractivity contribution in [3.63, 3.8) is 0 Å². The van der Waals surface area contributed by atoms with Crippen LogP contribution in [0, 0.1) is 5.82 Å². The summed E-state index contributed by atoms with van der Waals surface area (Å²) in [5, 5.41) is 0.850. The Morgan fingerprint density at radius 1 is 0.923 bits per heavy atom. The lowest BCUT2D eigenvalue weighted by molar-refractivity contribution is 0.277. The summed E-state index contributed by atoms with van der Waals surface area (Å²) in [7, 11) is 0. The van der Waals surface area contributed by atoms with Crippen LogP contribution in [0.3, 0.4) is 0 Å². The lowest BCUT2D eigenvalue weighted by Crippen LogP contribution is -2.23. The van der Waals surface area contributed by atoms with Crippen LogP contribution in [0.25, 0.3) is 10.9 Å². The summed E-state index contributed by atoms with van der Waals surface area (Å²) in [5.74, 6) is -0.0611. The average Bonchev–Trinajstić information content (AvgIpc) is 2.81. The first kappa shape index (κ1) is 19.4. The second-order valence-corrected chi connectivity index (χ2v) is 7.94. The molecule has 0 aliphatic carbocycles. The van der Waals surface area contributed by atoms with E-state index in [-0.39, 0.29) is 5.82 Å². The van der Waals surface area contributed by atoms with E-state index in [2.05, 4.69) is 28.7 Å². The van der Waals surface area contributed by atoms with Gasteiger partial charge in [0.2, 0.25) is 0 Å². The number of hydrogen-bond donors (Lipinski definition) is 0. The maximum Gasteiger partial charge on any atom is 0.132 e. The molecule has 1 aliphatic rings. The van der Waals surface area contributed by atoms with Gasteiger partial charge < -0.3 is 4.57 Å². The van der Waals surface area contributed by atoms with Crippen molar-refractivity contribution in [2.24, 2.45) is 0 Å². The van der Waals surface area contributed by atoms with Crippen LogP contribution in [0.5, 0.6) is 0 Å². The molecule has 0 N–H and O–H groups in total. The van der Waals surface area contributed by atoms with Gasteiger partial charge in [0.05, 0.1) is 5.52 Å². The molecule has 0 spiro atoms. The Hall–Kier alpha value is -1.35. The van der Waals surface area contributed by atoms with Crippen LogP contribution in [0.2, 0.25) is 0 Å². The molecule has 0 amide bonds. The van der Waals surface area contributed by atoms with Crippen molar-refractivity contribution in [1.82, 2.24) is 9.47 Å². The number of likely N-dealkylation sites (tertiary alicyclic amines) is 1. The van der Waals surface area contributed by atoms with E-state index in [1.54, 1.807) is 6.07 Å². The van der Waals surface area contributed by atoms with E-state index in [0.29, 0.717) is 0 Å². The number of aromatic nitrogens is 1. The first-order valence-corrected chi connectivity index (χ1v) is 10.8. The van der Waals surface area contributed by atoms with Crippen molar-refractivity contribution in [1.29, 1.82) is 0 Å². The van der Waals surface area contributed by atoms with E-state index in [1.807, 2.05) is 6.07 Å². The van der Waals surface area contributed by atoms with Gasteiger partial charge in [-0.1, -0.05) is 57.9 Å². The summed E-state index contributed by atoms with van der Waals surface area (Å²) in [6.07, 6.45) is 15.2. The van der Waals surface area contributed by atoms with Gasteiger partial charge in [-0.2, -0.15) is 0 Å². The molecule has 1 saturated heterocycles. The fourth-order valence-corrected chi connectivity index (χ4v) is 4.29. The molecule has 0 atom stereocenters. The molecule has 0 radical (unpaired) electrons. The van der Waals surface area contributed by atoms with Gasteiger partial charge in [-0.25, -0.2) is 4.39 Å². The average molecular weight is 359 g/mol. The third-order valence-corrected chi connectivity index (χ3v) is 5.78. The highest BCUT2D eigenvalue weighted by Gasteiger charge is 2.16. The molecule has 144 valence electrons. The minimum atomic E-state index is -0.0611. The first-order valence-electron chi connectivity index (χ1n) is 10.8. The normalized spacial score (nSPS) is 16.2. The molecular weight excluding hydrogens is 323 g/mol. The summed E-state index contributed by atoms with van der Waals surface area (Å²) in [6.45, 7) is 6.45. The van der Waals surface area contributed by atoms with Gasteiger partial charge in [-0.15, -0.1) is 0 Å². The van der Waals surface area contributed by atoms with Crippen LogP contribution < -0.4 is 0 Å². The molecule has 0 unspecified atom stereocenters. The molecule has 1 aromatic heterocycles. The Kier molecular flexibility index (Phi) is 7.55. The van der Waals surface area contributed by atoms with Crippen molar-refractivity contribution in [2.45, 2.75) is 84.2 Å². The second kappa shape index (κ2) is 10.1. The maximum atomic E-state index is 14.6. The van der Waals surface area contributed by atoms with Crippen LogP contribution in [0.4, 0.5) is 4.39 Å². The fraction of sp³-hybridized carbons (Fsp3) is 0.652. The minimum Gasteiger partial charge on any atom is -0.347 e. The highest BCUT2D eigenvalue weighted by molar-refractivity contribution is 5.84. The lowest BCUT2D eigenvalue weighted by atomic mass is 10.1. The van der Waals surface area contributed by atoms with Crippen LogP contribution in [0.15, 0.2) is 24.4 Å². The number of benzene rings is 1. The predicted molar refractivity (Wildman–Crippen MR) is 109 cm³/mol. The molecule has 26 heavy (non-hydrogen) atoms. The minimum absolute atomic E-state index is 0.0611. The quantitative estimate of drug-likeness (QED) is 0.463. The number of nitrogens with zero attached hydrogens (tertiary/aromatic N) is 2. The highest BCUT2D eigenvalue weighted by Crippen LogP contribution is 2.27. The summed E-state index contributed by atoms with van der Waals surface area (Å²) >= 11 is 0. The van der Waals surface area contributed by atoms with E-state index in [9.17, 15) is 4.39 Å². The molecule has 3 rings (SSSR count). The van der Waals surface area contributed by atoms with Crippen molar-refractivity contribution in [2.75, 3.05) is 13.1 Å². The lowest BCUT2D eigenvalue weighted by Gasteiger charge is -2.19. The number of aryl methyl sites for hydroxylation is 1. The molecule has 2 nitrogen and oxygen atoms in total. The number of halogens is 1. The highest BCUT2D eigenvalue weighted by atomic mass is 19.1. The number of unbranched alkanes of at least 4 members (excludes halogenated alkanes) is 5. The molecule has 3 heteroatoms. The summed E-state index contributed by atoms with van der Waals surface area (Å²) < 4.78 is 16.9. The largest absolute Gasteiger partial charge is 0.347 e. The number of rotatable bonds is 9. The summed E-state index contributed by atoms with van der Waals surface area (Å²) in [4.78, 5) is 2.52. The fourth-order valence-electron chi connectivity index (χ4n) is 4.29. The van der Waals surface area contributed by atoms with Gasteiger partial charge in [0, 0.05) is 24.7 Å². The van der Waals surface area contributed by atoms with Crippen LogP contribution >= 0.6 is 0 Å². The van der Waals surface area contributed by atoms with E-state index in [1.165, 1.54) is 69.8 Å². The van der Waals surface area contributed by atoms with Gasteiger partial charge in [0.25, 0.3) is 0 Å². The smallest absolute Gasteiger partial charge is 0.132 e. The zero-order valence-corrected chi connectivity index (χ0v) is 16.5. The van der Waals surface area contributed by atoms with E-state index in [0.717, 1.165) is 37.1 Å². The zero-order valence-electron chi connectivity index (χ0n) is 16.5. The Morgan fingerprint density at radius 3 is 2.42 bits per heavy atom. The van der Waals surface area contributed by atoms with Crippen molar-refractivity contribution < 1.29 is 4.39 Å². The van der Waals surface area contributed by atoms with Gasteiger partial charge >= 0.3 is 0 Å². The van der Waals surface area contributed by atoms with Gasteiger partial charge in [0.15, 0.2) is 0 Å². The summed E-state index contributed by atoms with van der Waals surface area (Å²) in [5.41, 5.74) is 2.24. The third-order valence-electron chi connectivity index (χ3n) is 5.78. The molecule has 1 fully saturated rings. The Balaban J connectivity index is 1.69. The second-order valence-electron chi connectivity index (χ2n) is 7.94. The van der Waals surface area contributed by atoms with Crippen molar-refractivity contribution in [3.05, 3.63) is 35.8 Å². The molecular formula is C23H35FN2. The maximum absolute atomic E-state index is 14.6. The van der Waals surface area contributed by atoms with Gasteiger partial charge in [-0.3, -0.25) is 4.90 Å². The number of hydrogen-bond acceptors (Lipinski definition) is 1. The SMILES string of the molecule is CCCCCCCCn1cc(CN2CCCCCC2)c2c(F)cccc21. The summed E-state index contributed by atoms with van der Waals surface area (Å²) in [6, 6.07) is 5.55. The topological polar surface area (TPSA) is 8.17 Å². The Labute approximate surface area is 158 Å². The van der Waals surface area contributed by atoms with E-state index in [4.69, 9.17) is 0 Å². The first-order chi connectivity index (χ1) is 12.8. The van der Waals surface area contributed by atoms with Crippen molar-refractivity contribution >= 4 is 10.9 Å².